The maximum atomic E-state index is 6.49. The number of benzene rings is 3. The largest absolute Gasteiger partial charge is 1.00 e. The van der Waals surface area contributed by atoms with Gasteiger partial charge in [0.05, 0.1) is 6.04 Å². The van der Waals surface area contributed by atoms with E-state index in [0.29, 0.717) is 6.04 Å². The SMILES string of the molecule is CCCC[N-]CCC[Si](Oc1ccccc1)(Oc1ccccc1)Oc1ccccc1.[Li+]. The number of nitrogens with zero attached hydrogens (tertiary/aromatic N) is 1. The van der Waals surface area contributed by atoms with Crippen LogP contribution in [0.2, 0.25) is 6.04 Å². The average Bonchev–Trinajstić information content (AvgIpc) is 2.78. The molecule has 31 heavy (non-hydrogen) atoms. The van der Waals surface area contributed by atoms with Gasteiger partial charge in [0.25, 0.3) is 0 Å². The molecule has 0 aliphatic carbocycles. The van der Waals surface area contributed by atoms with Gasteiger partial charge in [0.2, 0.25) is 0 Å². The van der Waals surface area contributed by atoms with E-state index in [-0.39, 0.29) is 18.9 Å². The first-order chi connectivity index (χ1) is 14.8. The van der Waals surface area contributed by atoms with Crippen molar-refractivity contribution < 1.29 is 32.1 Å². The van der Waals surface area contributed by atoms with E-state index in [4.69, 9.17) is 13.3 Å². The summed E-state index contributed by atoms with van der Waals surface area (Å²) in [7, 11) is -3.15. The first-order valence-corrected chi connectivity index (χ1v) is 12.6. The van der Waals surface area contributed by atoms with Crippen molar-refractivity contribution >= 4 is 8.80 Å². The quantitative estimate of drug-likeness (QED) is 0.308. The normalized spacial score (nSPS) is 10.7. The van der Waals surface area contributed by atoms with E-state index in [1.807, 2.05) is 91.0 Å². The third-order valence-corrected chi connectivity index (χ3v) is 7.12. The predicted octanol–water partition coefficient (Wildman–Crippen LogP) is 3.73. The molecule has 0 aliphatic rings. The van der Waals surface area contributed by atoms with Crippen molar-refractivity contribution in [1.82, 2.24) is 0 Å². The maximum absolute atomic E-state index is 6.49. The Morgan fingerprint density at radius 3 is 1.39 bits per heavy atom. The summed E-state index contributed by atoms with van der Waals surface area (Å²) in [6.07, 6.45) is 3.14. The first-order valence-electron chi connectivity index (χ1n) is 10.6. The van der Waals surface area contributed by atoms with Crippen LogP contribution in [0, 0.1) is 0 Å². The molecule has 0 bridgehead atoms. The zero-order chi connectivity index (χ0) is 20.9. The zero-order valence-electron chi connectivity index (χ0n) is 18.6. The third-order valence-electron chi connectivity index (χ3n) is 4.52. The second-order valence-electron chi connectivity index (χ2n) is 7.06. The number of unbranched alkanes of at least 4 members (excludes halogenated alkanes) is 1. The van der Waals surface area contributed by atoms with E-state index in [1.54, 1.807) is 0 Å². The summed E-state index contributed by atoms with van der Waals surface area (Å²) in [5.41, 5.74) is 0. The molecule has 0 amide bonds. The van der Waals surface area contributed by atoms with Crippen LogP contribution in [0.15, 0.2) is 91.0 Å². The van der Waals surface area contributed by atoms with Gasteiger partial charge in [-0.1, -0.05) is 80.8 Å². The summed E-state index contributed by atoms with van der Waals surface area (Å²) < 4.78 is 19.5. The Morgan fingerprint density at radius 2 is 1.00 bits per heavy atom. The van der Waals surface area contributed by atoms with Crippen LogP contribution in [0.3, 0.4) is 0 Å². The van der Waals surface area contributed by atoms with Crippen molar-refractivity contribution in [3.63, 3.8) is 0 Å². The van der Waals surface area contributed by atoms with Crippen LogP contribution < -0.4 is 32.1 Å². The maximum Gasteiger partial charge on any atom is 1.00 e. The van der Waals surface area contributed by atoms with Crippen LogP contribution in [0.1, 0.15) is 26.2 Å². The van der Waals surface area contributed by atoms with Gasteiger partial charge in [-0.2, -0.15) is 0 Å². The summed E-state index contributed by atoms with van der Waals surface area (Å²) in [5, 5.41) is 4.64. The van der Waals surface area contributed by atoms with Gasteiger partial charge in [-0.05, 0) is 36.4 Å². The molecule has 4 nitrogen and oxygen atoms in total. The molecule has 3 aromatic carbocycles. The fourth-order valence-electron chi connectivity index (χ4n) is 3.01. The van der Waals surface area contributed by atoms with Gasteiger partial charge in [-0.15, -0.1) is 13.1 Å². The molecule has 0 spiro atoms. The van der Waals surface area contributed by atoms with Gasteiger partial charge in [-0.3, -0.25) is 0 Å². The van der Waals surface area contributed by atoms with Gasteiger partial charge in [0.1, 0.15) is 17.2 Å². The van der Waals surface area contributed by atoms with Crippen molar-refractivity contribution in [3.8, 4) is 17.2 Å². The molecule has 0 fully saturated rings. The molecule has 0 N–H and O–H groups in total. The molecule has 3 aromatic rings. The Hall–Kier alpha value is -2.17. The second kappa shape index (κ2) is 14.0. The van der Waals surface area contributed by atoms with E-state index in [9.17, 15) is 0 Å². The Labute approximate surface area is 199 Å². The van der Waals surface area contributed by atoms with E-state index >= 15 is 0 Å². The van der Waals surface area contributed by atoms with Crippen molar-refractivity contribution in [2.75, 3.05) is 13.1 Å². The van der Waals surface area contributed by atoms with Gasteiger partial charge in [0, 0.05) is 0 Å². The average molecular weight is 428 g/mol. The first kappa shape index (κ1) is 25.1. The number of hydrogen-bond acceptors (Lipinski definition) is 3. The molecular formula is C25H30LiNO3Si. The summed E-state index contributed by atoms with van der Waals surface area (Å²) >= 11 is 0. The summed E-state index contributed by atoms with van der Waals surface area (Å²) in [4.78, 5) is 0. The van der Waals surface area contributed by atoms with Crippen LogP contribution in [0.5, 0.6) is 17.2 Å². The Morgan fingerprint density at radius 1 is 0.613 bits per heavy atom. The third kappa shape index (κ3) is 8.84. The summed E-state index contributed by atoms with van der Waals surface area (Å²) in [6.45, 7) is 3.87. The van der Waals surface area contributed by atoms with Crippen molar-refractivity contribution in [3.05, 3.63) is 96.3 Å². The van der Waals surface area contributed by atoms with Crippen molar-refractivity contribution in [2.24, 2.45) is 0 Å². The van der Waals surface area contributed by atoms with Gasteiger partial charge < -0.3 is 18.6 Å². The molecule has 0 aliphatic heterocycles. The van der Waals surface area contributed by atoms with Gasteiger partial charge in [0.15, 0.2) is 0 Å². The molecule has 6 heteroatoms. The van der Waals surface area contributed by atoms with Crippen LogP contribution in [-0.2, 0) is 0 Å². The van der Waals surface area contributed by atoms with Crippen LogP contribution >= 0.6 is 0 Å². The fraction of sp³-hybridized carbons (Fsp3) is 0.280. The van der Waals surface area contributed by atoms with Crippen molar-refractivity contribution in [2.45, 2.75) is 32.2 Å². The smallest absolute Gasteiger partial charge is 0.662 e. The minimum Gasteiger partial charge on any atom is -0.662 e. The van der Waals surface area contributed by atoms with E-state index in [1.165, 1.54) is 0 Å². The molecule has 0 saturated carbocycles. The van der Waals surface area contributed by atoms with Crippen LogP contribution in [0.25, 0.3) is 5.32 Å². The Balaban J connectivity index is 0.00000341. The molecule has 0 aromatic heterocycles. The second-order valence-corrected chi connectivity index (χ2v) is 9.53. The van der Waals surface area contributed by atoms with E-state index in [2.05, 4.69) is 12.2 Å². The monoisotopic (exact) mass is 427 g/mol. The zero-order valence-corrected chi connectivity index (χ0v) is 19.6. The van der Waals surface area contributed by atoms with Crippen LogP contribution in [-0.4, -0.2) is 21.9 Å². The Bertz CT molecular complexity index is 736. The molecule has 3 rings (SSSR count). The van der Waals surface area contributed by atoms with Gasteiger partial charge in [-0.25, -0.2) is 0 Å². The number of rotatable bonds is 13. The molecule has 158 valence electrons. The number of para-hydroxylation sites is 3. The topological polar surface area (TPSA) is 41.8 Å². The summed E-state index contributed by atoms with van der Waals surface area (Å²) in [5.74, 6) is 2.25. The predicted molar refractivity (Wildman–Crippen MR) is 124 cm³/mol. The minimum atomic E-state index is -3.15. The van der Waals surface area contributed by atoms with Crippen LogP contribution in [0.4, 0.5) is 0 Å². The minimum absolute atomic E-state index is 0. The van der Waals surface area contributed by atoms with E-state index < -0.39 is 8.80 Å². The fourth-order valence-corrected chi connectivity index (χ4v) is 5.52. The molecule has 0 unspecified atom stereocenters. The molecule has 0 radical (unpaired) electrons. The molecular weight excluding hydrogens is 397 g/mol. The molecule has 0 heterocycles. The summed E-state index contributed by atoms with van der Waals surface area (Å²) in [6, 6.07) is 30.0. The van der Waals surface area contributed by atoms with Crippen molar-refractivity contribution in [1.29, 1.82) is 0 Å². The number of hydrogen-bond donors (Lipinski definition) is 0. The van der Waals surface area contributed by atoms with E-state index in [0.717, 1.165) is 49.6 Å². The molecule has 0 atom stereocenters. The van der Waals surface area contributed by atoms with Gasteiger partial charge >= 0.3 is 27.7 Å². The molecule has 0 saturated heterocycles. The standard InChI is InChI=1S/C25H30NO3Si.Li/c1-2-3-20-26-21-13-22-30(27-23-14-7-4-8-15-23,28-24-16-9-5-10-17-24)29-25-18-11-6-12-19-25;/h4-12,14-19H,2-3,13,20-22H2,1H3;/q-1;+1. The Kier molecular flexibility index (Phi) is 11.3.